The van der Waals surface area contributed by atoms with Crippen molar-refractivity contribution < 1.29 is 9.53 Å². The molecule has 6 heteroatoms. The Morgan fingerprint density at radius 2 is 2.16 bits per heavy atom. The molecule has 1 aliphatic rings. The van der Waals surface area contributed by atoms with E-state index in [4.69, 9.17) is 4.74 Å². The lowest BCUT2D eigenvalue weighted by Gasteiger charge is -2.33. The molecular weight excluding hydrogens is 334 g/mol. The van der Waals surface area contributed by atoms with Crippen molar-refractivity contribution in [2.75, 3.05) is 11.4 Å². The second kappa shape index (κ2) is 6.29. The number of carbonyl (C=O) groups excluding carboxylic acids is 1. The highest BCUT2D eigenvalue weighted by atomic mass is 32.1. The molecule has 0 N–H and O–H groups in total. The molecule has 126 valence electrons. The summed E-state index contributed by atoms with van der Waals surface area (Å²) in [6.45, 7) is 4.49. The number of aryl methyl sites for hydroxylation is 1. The van der Waals surface area contributed by atoms with E-state index in [-0.39, 0.29) is 12.0 Å². The first kappa shape index (κ1) is 15.8. The summed E-state index contributed by atoms with van der Waals surface area (Å²) < 4.78 is 5.86. The zero-order chi connectivity index (χ0) is 17.4. The Labute approximate surface area is 149 Å². The molecule has 2 aromatic heterocycles. The topological polar surface area (TPSA) is 55.3 Å². The van der Waals surface area contributed by atoms with Crippen molar-refractivity contribution in [3.05, 3.63) is 59.2 Å². The minimum atomic E-state index is -0.0540. The SMILES string of the molecule is Cc1ccc2c(c1)N(C(=O)c1cnc(-c3ccccn3)s1)CC(C)O2. The highest BCUT2D eigenvalue weighted by Gasteiger charge is 2.29. The first-order valence-electron chi connectivity index (χ1n) is 8.08. The maximum absolute atomic E-state index is 13.1. The van der Waals surface area contributed by atoms with Crippen molar-refractivity contribution in [2.45, 2.75) is 20.0 Å². The Kier molecular flexibility index (Phi) is 3.97. The molecule has 4 rings (SSSR count). The number of rotatable bonds is 2. The fourth-order valence-corrected chi connectivity index (χ4v) is 3.70. The number of anilines is 1. The van der Waals surface area contributed by atoms with Gasteiger partial charge in [0, 0.05) is 6.20 Å². The van der Waals surface area contributed by atoms with Crippen LogP contribution in [0.4, 0.5) is 5.69 Å². The molecule has 0 bridgehead atoms. The second-order valence-corrected chi connectivity index (χ2v) is 7.09. The van der Waals surface area contributed by atoms with Crippen LogP contribution in [0.2, 0.25) is 0 Å². The fourth-order valence-electron chi connectivity index (χ4n) is 2.85. The predicted octanol–water partition coefficient (Wildman–Crippen LogP) is 3.94. The van der Waals surface area contributed by atoms with E-state index in [1.165, 1.54) is 11.3 Å². The van der Waals surface area contributed by atoms with Gasteiger partial charge < -0.3 is 9.64 Å². The number of ether oxygens (including phenoxy) is 1. The number of hydrogen-bond donors (Lipinski definition) is 0. The summed E-state index contributed by atoms with van der Waals surface area (Å²) in [5.41, 5.74) is 2.68. The van der Waals surface area contributed by atoms with Gasteiger partial charge in [-0.1, -0.05) is 12.1 Å². The van der Waals surface area contributed by atoms with E-state index in [9.17, 15) is 4.79 Å². The maximum Gasteiger partial charge on any atom is 0.270 e. The minimum absolute atomic E-state index is 0.0534. The van der Waals surface area contributed by atoms with Crippen molar-refractivity contribution in [3.63, 3.8) is 0 Å². The van der Waals surface area contributed by atoms with Crippen LogP contribution in [0.15, 0.2) is 48.8 Å². The number of thiazole rings is 1. The van der Waals surface area contributed by atoms with Gasteiger partial charge in [-0.05, 0) is 43.7 Å². The standard InChI is InChI=1S/C19H17N3O2S/c1-12-6-7-16-15(9-12)22(11-13(2)24-16)19(23)17-10-21-18(25-17)14-5-3-4-8-20-14/h3-10,13H,11H2,1-2H3. The molecule has 0 aliphatic carbocycles. The average molecular weight is 351 g/mol. The third-order valence-electron chi connectivity index (χ3n) is 4.02. The van der Waals surface area contributed by atoms with Gasteiger partial charge in [-0.2, -0.15) is 0 Å². The first-order chi connectivity index (χ1) is 12.1. The Hall–Kier alpha value is -2.73. The molecule has 25 heavy (non-hydrogen) atoms. The van der Waals surface area contributed by atoms with Gasteiger partial charge in [0.25, 0.3) is 5.91 Å². The third-order valence-corrected chi connectivity index (χ3v) is 5.03. The smallest absolute Gasteiger partial charge is 0.270 e. The summed E-state index contributed by atoms with van der Waals surface area (Å²) in [7, 11) is 0. The molecule has 1 unspecified atom stereocenters. The summed E-state index contributed by atoms with van der Waals surface area (Å²) in [5, 5.41) is 0.745. The van der Waals surface area contributed by atoms with Gasteiger partial charge in [0.2, 0.25) is 0 Å². The highest BCUT2D eigenvalue weighted by molar-refractivity contribution is 7.17. The third kappa shape index (κ3) is 3.00. The van der Waals surface area contributed by atoms with E-state index >= 15 is 0 Å². The van der Waals surface area contributed by atoms with Crippen LogP contribution in [-0.4, -0.2) is 28.5 Å². The number of benzene rings is 1. The molecule has 3 heterocycles. The van der Waals surface area contributed by atoms with Gasteiger partial charge in [-0.15, -0.1) is 11.3 Å². The van der Waals surface area contributed by atoms with Gasteiger partial charge in [0.05, 0.1) is 24.1 Å². The number of pyridine rings is 1. The highest BCUT2D eigenvalue weighted by Crippen LogP contribution is 2.36. The van der Waals surface area contributed by atoms with Crippen LogP contribution in [0, 0.1) is 6.92 Å². The lowest BCUT2D eigenvalue weighted by molar-refractivity contribution is 0.0965. The number of carbonyl (C=O) groups is 1. The van der Waals surface area contributed by atoms with Crippen LogP contribution >= 0.6 is 11.3 Å². The molecule has 0 saturated heterocycles. The molecule has 0 fully saturated rings. The van der Waals surface area contributed by atoms with Crippen molar-refractivity contribution in [1.82, 2.24) is 9.97 Å². The van der Waals surface area contributed by atoms with Gasteiger partial charge in [-0.3, -0.25) is 9.78 Å². The summed E-state index contributed by atoms with van der Waals surface area (Å²) in [6, 6.07) is 11.6. The summed E-state index contributed by atoms with van der Waals surface area (Å²) in [5.74, 6) is 0.689. The number of aromatic nitrogens is 2. The van der Waals surface area contributed by atoms with Crippen LogP contribution in [0.3, 0.4) is 0 Å². The first-order valence-corrected chi connectivity index (χ1v) is 8.90. The Morgan fingerprint density at radius 3 is 2.96 bits per heavy atom. The molecular formula is C19H17N3O2S. The number of hydrogen-bond acceptors (Lipinski definition) is 5. The zero-order valence-electron chi connectivity index (χ0n) is 14.0. The number of fused-ring (bicyclic) bond motifs is 1. The second-order valence-electron chi connectivity index (χ2n) is 6.06. The maximum atomic E-state index is 13.1. The van der Waals surface area contributed by atoms with Crippen LogP contribution in [0.5, 0.6) is 5.75 Å². The van der Waals surface area contributed by atoms with Crippen molar-refractivity contribution in [1.29, 1.82) is 0 Å². The lowest BCUT2D eigenvalue weighted by atomic mass is 10.1. The summed E-state index contributed by atoms with van der Waals surface area (Å²) in [6.07, 6.45) is 3.30. The van der Waals surface area contributed by atoms with Crippen LogP contribution in [-0.2, 0) is 0 Å². The Bertz CT molecular complexity index is 923. The lowest BCUT2D eigenvalue weighted by Crippen LogP contribution is -2.42. The van der Waals surface area contributed by atoms with E-state index in [2.05, 4.69) is 9.97 Å². The number of amides is 1. The molecule has 1 atom stereocenters. The Morgan fingerprint density at radius 1 is 1.28 bits per heavy atom. The van der Waals surface area contributed by atoms with Crippen LogP contribution in [0.1, 0.15) is 22.2 Å². The van der Waals surface area contributed by atoms with Gasteiger partial charge in [0.1, 0.15) is 21.7 Å². The molecule has 1 aromatic carbocycles. The van der Waals surface area contributed by atoms with E-state index < -0.39 is 0 Å². The van der Waals surface area contributed by atoms with Gasteiger partial charge >= 0.3 is 0 Å². The molecule has 1 amide bonds. The minimum Gasteiger partial charge on any atom is -0.487 e. The predicted molar refractivity (Wildman–Crippen MR) is 98.3 cm³/mol. The summed E-state index contributed by atoms with van der Waals surface area (Å²) >= 11 is 1.36. The Balaban J connectivity index is 1.68. The van der Waals surface area contributed by atoms with Gasteiger partial charge in [0.15, 0.2) is 0 Å². The molecule has 1 aliphatic heterocycles. The summed E-state index contributed by atoms with van der Waals surface area (Å²) in [4.78, 5) is 24.1. The normalized spacial score (nSPS) is 16.2. The van der Waals surface area contributed by atoms with Crippen LogP contribution in [0.25, 0.3) is 10.7 Å². The fraction of sp³-hybridized carbons (Fsp3) is 0.211. The van der Waals surface area contributed by atoms with E-state index in [0.717, 1.165) is 27.7 Å². The van der Waals surface area contributed by atoms with E-state index in [0.29, 0.717) is 11.4 Å². The monoisotopic (exact) mass is 351 g/mol. The van der Waals surface area contributed by atoms with Crippen LogP contribution < -0.4 is 9.64 Å². The molecule has 0 saturated carbocycles. The van der Waals surface area contributed by atoms with Crippen molar-refractivity contribution >= 4 is 22.9 Å². The van der Waals surface area contributed by atoms with Crippen molar-refractivity contribution in [3.8, 4) is 16.5 Å². The van der Waals surface area contributed by atoms with E-state index in [1.54, 1.807) is 17.3 Å². The molecule has 0 radical (unpaired) electrons. The average Bonchev–Trinajstić information content (AvgIpc) is 3.12. The molecule has 0 spiro atoms. The van der Waals surface area contributed by atoms with Crippen molar-refractivity contribution in [2.24, 2.45) is 0 Å². The molecule has 3 aromatic rings. The quantitative estimate of drug-likeness (QED) is 0.702. The zero-order valence-corrected chi connectivity index (χ0v) is 14.8. The largest absolute Gasteiger partial charge is 0.487 e. The van der Waals surface area contributed by atoms with Gasteiger partial charge in [-0.25, -0.2) is 4.98 Å². The molecule has 5 nitrogen and oxygen atoms in total. The van der Waals surface area contributed by atoms with E-state index in [1.807, 2.05) is 50.2 Å². The number of nitrogens with zero attached hydrogens (tertiary/aromatic N) is 3.